The highest BCUT2D eigenvalue weighted by molar-refractivity contribution is 7.84. The van der Waals surface area contributed by atoms with Gasteiger partial charge in [0.1, 0.15) is 0 Å². The first-order valence-electron chi connectivity index (χ1n) is 6.73. The van der Waals surface area contributed by atoms with Crippen LogP contribution in [0.3, 0.4) is 0 Å². The first-order valence-corrected chi connectivity index (χ1v) is 7.88. The molecule has 4 heteroatoms. The molecule has 1 aromatic carbocycles. The molecule has 1 N–H and O–H groups in total. The molecule has 19 heavy (non-hydrogen) atoms. The molecule has 1 aromatic rings. The highest BCUT2D eigenvalue weighted by atomic mass is 32.2. The maximum absolute atomic E-state index is 12.0. The van der Waals surface area contributed by atoms with Crippen molar-refractivity contribution >= 4 is 11.0 Å². The predicted octanol–water partition coefficient (Wildman–Crippen LogP) is 3.03. The van der Waals surface area contributed by atoms with E-state index in [-0.39, 0.29) is 10.8 Å². The Balaban J connectivity index is 2.35. The minimum Gasteiger partial charge on any atom is -0.375 e. The molecule has 0 aromatic heterocycles. The van der Waals surface area contributed by atoms with Gasteiger partial charge in [-0.05, 0) is 32.8 Å². The van der Waals surface area contributed by atoms with Crippen molar-refractivity contribution in [1.29, 1.82) is 0 Å². The van der Waals surface area contributed by atoms with E-state index in [1.165, 1.54) is 0 Å². The zero-order valence-electron chi connectivity index (χ0n) is 12.3. The largest absolute Gasteiger partial charge is 0.375 e. The summed E-state index contributed by atoms with van der Waals surface area (Å²) in [5, 5.41) is 0. The van der Waals surface area contributed by atoms with Crippen LogP contribution >= 0.6 is 0 Å². The molecule has 0 aliphatic carbocycles. The summed E-state index contributed by atoms with van der Waals surface area (Å²) >= 11 is 0. The van der Waals surface area contributed by atoms with Crippen LogP contribution in [-0.2, 0) is 22.3 Å². The first kappa shape index (κ1) is 16.3. The molecule has 0 heterocycles. The fraction of sp³-hybridized carbons (Fsp3) is 0.600. The van der Waals surface area contributed by atoms with Crippen LogP contribution in [0.5, 0.6) is 0 Å². The van der Waals surface area contributed by atoms with Gasteiger partial charge in [0.2, 0.25) is 0 Å². The normalized spacial score (nSPS) is 15.2. The number of ether oxygens (including phenoxy) is 1. The Bertz CT molecular complexity index is 387. The minimum atomic E-state index is -1.05. The van der Waals surface area contributed by atoms with Crippen LogP contribution < -0.4 is 4.72 Å². The summed E-state index contributed by atoms with van der Waals surface area (Å²) in [4.78, 5) is 0. The molecule has 0 fully saturated rings. The third-order valence-corrected chi connectivity index (χ3v) is 4.41. The number of rotatable bonds is 7. The molecule has 1 rings (SSSR count). The molecule has 0 spiro atoms. The Morgan fingerprint density at radius 2 is 1.89 bits per heavy atom. The van der Waals surface area contributed by atoms with Gasteiger partial charge < -0.3 is 4.74 Å². The van der Waals surface area contributed by atoms with E-state index in [1.807, 2.05) is 51.1 Å². The highest BCUT2D eigenvalue weighted by Crippen LogP contribution is 2.10. The van der Waals surface area contributed by atoms with E-state index >= 15 is 0 Å². The Morgan fingerprint density at radius 1 is 1.26 bits per heavy atom. The van der Waals surface area contributed by atoms with Gasteiger partial charge in [0.25, 0.3) is 0 Å². The molecule has 0 bridgehead atoms. The molecule has 108 valence electrons. The summed E-state index contributed by atoms with van der Waals surface area (Å²) in [6.07, 6.45) is 0.899. The second-order valence-electron chi connectivity index (χ2n) is 5.60. The lowest BCUT2D eigenvalue weighted by molar-refractivity contribution is 0.103. The summed E-state index contributed by atoms with van der Waals surface area (Å²) in [7, 11) is -1.05. The van der Waals surface area contributed by atoms with Gasteiger partial charge in [-0.25, -0.2) is 8.93 Å². The molecule has 1 unspecified atom stereocenters. The zero-order valence-corrected chi connectivity index (χ0v) is 13.1. The molecule has 0 aliphatic rings. The van der Waals surface area contributed by atoms with E-state index < -0.39 is 11.0 Å². The summed E-state index contributed by atoms with van der Waals surface area (Å²) < 4.78 is 20.6. The summed E-state index contributed by atoms with van der Waals surface area (Å²) in [5.74, 6) is 0. The van der Waals surface area contributed by atoms with Gasteiger partial charge in [0.15, 0.2) is 0 Å². The van der Waals surface area contributed by atoms with Gasteiger partial charge >= 0.3 is 0 Å². The molecule has 0 aliphatic heterocycles. The van der Waals surface area contributed by atoms with Crippen LogP contribution in [0.1, 0.15) is 39.7 Å². The Hall–Kier alpha value is -0.710. The van der Waals surface area contributed by atoms with Gasteiger partial charge in [0.05, 0.1) is 28.9 Å². The minimum absolute atomic E-state index is 0.128. The number of hydrogen-bond acceptors (Lipinski definition) is 2. The van der Waals surface area contributed by atoms with E-state index in [4.69, 9.17) is 4.74 Å². The lowest BCUT2D eigenvalue weighted by Gasteiger charge is -2.23. The van der Waals surface area contributed by atoms with Crippen molar-refractivity contribution in [2.75, 3.05) is 6.61 Å². The maximum atomic E-state index is 12.0. The standard InChI is InChI=1S/C15H25NO2S/c1-5-14(16-19(17)15(2,3)4)12-18-11-13-9-7-6-8-10-13/h6-10,14,16H,5,11-12H2,1-4H3/t14-,19?/m1/s1. The van der Waals surface area contributed by atoms with Crippen molar-refractivity contribution in [2.24, 2.45) is 0 Å². The average Bonchev–Trinajstić information content (AvgIpc) is 2.37. The fourth-order valence-corrected chi connectivity index (χ4v) is 2.35. The average molecular weight is 283 g/mol. The maximum Gasteiger partial charge on any atom is 0.0973 e. The molecule has 3 nitrogen and oxygen atoms in total. The summed E-state index contributed by atoms with van der Waals surface area (Å²) in [5.41, 5.74) is 1.16. The Kier molecular flexibility index (Phi) is 6.69. The lowest BCUT2D eigenvalue weighted by Crippen LogP contribution is -2.41. The number of nitrogens with one attached hydrogen (secondary N) is 1. The van der Waals surface area contributed by atoms with Crippen LogP contribution in [0, 0.1) is 0 Å². The van der Waals surface area contributed by atoms with E-state index in [1.54, 1.807) is 0 Å². The van der Waals surface area contributed by atoms with Crippen LogP contribution in [0.4, 0.5) is 0 Å². The molecule has 0 saturated heterocycles. The quantitative estimate of drug-likeness (QED) is 0.835. The van der Waals surface area contributed by atoms with E-state index in [0.717, 1.165) is 12.0 Å². The van der Waals surface area contributed by atoms with Crippen molar-refractivity contribution in [3.63, 3.8) is 0 Å². The van der Waals surface area contributed by atoms with Gasteiger partial charge in [-0.2, -0.15) is 0 Å². The Labute approximate surface area is 119 Å². The molecular weight excluding hydrogens is 258 g/mol. The second-order valence-corrected chi connectivity index (χ2v) is 7.60. The molecule has 0 amide bonds. The third-order valence-electron chi connectivity index (χ3n) is 2.75. The second kappa shape index (κ2) is 7.78. The number of benzene rings is 1. The smallest absolute Gasteiger partial charge is 0.0973 e. The molecule has 0 saturated carbocycles. The van der Waals surface area contributed by atoms with Crippen LogP contribution in [0.2, 0.25) is 0 Å². The predicted molar refractivity (Wildman–Crippen MR) is 81.2 cm³/mol. The summed E-state index contributed by atoms with van der Waals surface area (Å²) in [6, 6.07) is 10.2. The fourth-order valence-electron chi connectivity index (χ4n) is 1.46. The van der Waals surface area contributed by atoms with Crippen molar-refractivity contribution in [3.8, 4) is 0 Å². The van der Waals surface area contributed by atoms with Crippen molar-refractivity contribution in [1.82, 2.24) is 4.72 Å². The van der Waals surface area contributed by atoms with Gasteiger partial charge in [0, 0.05) is 6.04 Å². The molecular formula is C15H25NO2S. The van der Waals surface area contributed by atoms with Crippen LogP contribution in [-0.4, -0.2) is 21.6 Å². The van der Waals surface area contributed by atoms with E-state index in [2.05, 4.69) is 11.6 Å². The number of hydrogen-bond donors (Lipinski definition) is 1. The van der Waals surface area contributed by atoms with Crippen LogP contribution in [0.25, 0.3) is 0 Å². The van der Waals surface area contributed by atoms with Crippen molar-refractivity contribution in [3.05, 3.63) is 35.9 Å². The van der Waals surface area contributed by atoms with Crippen molar-refractivity contribution < 1.29 is 8.95 Å². The monoisotopic (exact) mass is 283 g/mol. The van der Waals surface area contributed by atoms with Gasteiger partial charge in [-0.3, -0.25) is 0 Å². The zero-order chi connectivity index (χ0) is 14.3. The lowest BCUT2D eigenvalue weighted by atomic mass is 10.2. The van der Waals surface area contributed by atoms with E-state index in [0.29, 0.717) is 13.2 Å². The molecule has 0 radical (unpaired) electrons. The van der Waals surface area contributed by atoms with Crippen LogP contribution in [0.15, 0.2) is 30.3 Å². The molecule has 2 atom stereocenters. The summed E-state index contributed by atoms with van der Waals surface area (Å²) in [6.45, 7) is 9.15. The SMILES string of the molecule is CC[C@H](COCc1ccccc1)NS(=O)C(C)(C)C. The van der Waals surface area contributed by atoms with Gasteiger partial charge in [-0.15, -0.1) is 0 Å². The highest BCUT2D eigenvalue weighted by Gasteiger charge is 2.22. The topological polar surface area (TPSA) is 38.3 Å². The Morgan fingerprint density at radius 3 is 2.42 bits per heavy atom. The first-order chi connectivity index (χ1) is 8.93. The third kappa shape index (κ3) is 6.32. The van der Waals surface area contributed by atoms with Crippen molar-refractivity contribution in [2.45, 2.75) is 51.5 Å². The van der Waals surface area contributed by atoms with Gasteiger partial charge in [-0.1, -0.05) is 37.3 Å². The van der Waals surface area contributed by atoms with E-state index in [9.17, 15) is 4.21 Å².